The van der Waals surface area contributed by atoms with Gasteiger partial charge in [0.1, 0.15) is 0 Å². The second kappa shape index (κ2) is 7.21. The molecule has 134 valence electrons. The van der Waals surface area contributed by atoms with Crippen molar-refractivity contribution in [3.63, 3.8) is 0 Å². The Morgan fingerprint density at radius 1 is 1.16 bits per heavy atom. The molecular weight excluding hydrogens is 316 g/mol. The molecule has 0 unspecified atom stereocenters. The number of rotatable bonds is 3. The van der Waals surface area contributed by atoms with Gasteiger partial charge in [-0.15, -0.1) is 5.10 Å². The molecule has 0 radical (unpaired) electrons. The number of aryl methyl sites for hydroxylation is 4. The predicted molar refractivity (Wildman–Crippen MR) is 96.5 cm³/mol. The number of hydrogen-bond acceptors (Lipinski definition) is 4. The number of aromatic nitrogens is 4. The Hall–Kier alpha value is -2.44. The summed E-state index contributed by atoms with van der Waals surface area (Å²) < 4.78 is 2.08. The number of nitrogens with one attached hydrogen (secondary N) is 1. The van der Waals surface area contributed by atoms with E-state index in [1.54, 1.807) is 0 Å². The molecule has 0 spiro atoms. The molecule has 1 saturated heterocycles. The molecule has 0 atom stereocenters. The Morgan fingerprint density at radius 2 is 1.88 bits per heavy atom. The van der Waals surface area contributed by atoms with Gasteiger partial charge in [-0.3, -0.25) is 10.00 Å². The summed E-state index contributed by atoms with van der Waals surface area (Å²) in [6, 6.07) is 3.87. The van der Waals surface area contributed by atoms with Crippen LogP contribution in [0.5, 0.6) is 0 Å². The molecular formula is C18H26N6O. The summed E-state index contributed by atoms with van der Waals surface area (Å²) in [6.07, 6.45) is 1.98. The third kappa shape index (κ3) is 4.15. The van der Waals surface area contributed by atoms with Crippen LogP contribution in [0.2, 0.25) is 0 Å². The van der Waals surface area contributed by atoms with Crippen molar-refractivity contribution in [2.75, 3.05) is 18.4 Å². The lowest BCUT2D eigenvalue weighted by atomic mass is 9.97. The van der Waals surface area contributed by atoms with E-state index in [-0.39, 0.29) is 6.03 Å². The molecule has 7 heteroatoms. The summed E-state index contributed by atoms with van der Waals surface area (Å²) in [4.78, 5) is 14.3. The molecule has 7 nitrogen and oxygen atoms in total. The van der Waals surface area contributed by atoms with Gasteiger partial charge in [-0.1, -0.05) is 0 Å². The maximum absolute atomic E-state index is 12.4. The maximum Gasteiger partial charge on any atom is 0.323 e. The number of carbonyl (C=O) groups excluding carboxylic acids is 1. The van der Waals surface area contributed by atoms with Crippen LogP contribution in [-0.4, -0.2) is 44.0 Å². The molecule has 1 fully saturated rings. The highest BCUT2D eigenvalue weighted by Gasteiger charge is 2.24. The summed E-state index contributed by atoms with van der Waals surface area (Å²) in [5.41, 5.74) is 4.16. The first-order valence-corrected chi connectivity index (χ1v) is 8.80. The van der Waals surface area contributed by atoms with E-state index in [2.05, 4.69) is 38.3 Å². The SMILES string of the molecule is Cc1cc(C)n(CC2CCN(C(=O)Nc3cc(C)c(C)nn3)CC2)n1. The first-order valence-electron chi connectivity index (χ1n) is 8.80. The van der Waals surface area contributed by atoms with Crippen LogP contribution in [0.4, 0.5) is 10.6 Å². The van der Waals surface area contributed by atoms with Gasteiger partial charge in [0.05, 0.1) is 11.4 Å². The molecule has 0 aliphatic carbocycles. The van der Waals surface area contributed by atoms with Crippen LogP contribution in [-0.2, 0) is 6.54 Å². The average Bonchev–Trinajstić information content (AvgIpc) is 2.89. The van der Waals surface area contributed by atoms with E-state index in [9.17, 15) is 4.79 Å². The van der Waals surface area contributed by atoms with Gasteiger partial charge in [-0.25, -0.2) is 4.79 Å². The van der Waals surface area contributed by atoms with Crippen molar-refractivity contribution in [2.45, 2.75) is 47.1 Å². The molecule has 0 bridgehead atoms. The van der Waals surface area contributed by atoms with Crippen LogP contribution in [0.25, 0.3) is 0 Å². The van der Waals surface area contributed by atoms with Crippen LogP contribution >= 0.6 is 0 Å². The third-order valence-electron chi connectivity index (χ3n) is 4.90. The highest BCUT2D eigenvalue weighted by atomic mass is 16.2. The summed E-state index contributed by atoms with van der Waals surface area (Å²) in [5.74, 6) is 1.07. The minimum atomic E-state index is -0.0953. The first-order chi connectivity index (χ1) is 11.9. The van der Waals surface area contributed by atoms with Crippen molar-refractivity contribution in [2.24, 2.45) is 5.92 Å². The largest absolute Gasteiger partial charge is 0.324 e. The topological polar surface area (TPSA) is 75.9 Å². The van der Waals surface area contributed by atoms with Crippen LogP contribution in [0.3, 0.4) is 0 Å². The minimum Gasteiger partial charge on any atom is -0.324 e. The number of urea groups is 1. The second-order valence-electron chi connectivity index (χ2n) is 6.97. The van der Waals surface area contributed by atoms with E-state index in [4.69, 9.17) is 0 Å². The molecule has 2 aromatic heterocycles. The fourth-order valence-corrected chi connectivity index (χ4v) is 3.22. The Bertz CT molecular complexity index is 761. The van der Waals surface area contributed by atoms with E-state index in [0.29, 0.717) is 11.7 Å². The average molecular weight is 342 g/mol. The molecule has 0 aromatic carbocycles. The molecule has 2 aromatic rings. The zero-order valence-corrected chi connectivity index (χ0v) is 15.4. The van der Waals surface area contributed by atoms with E-state index in [1.807, 2.05) is 31.7 Å². The van der Waals surface area contributed by atoms with E-state index in [1.165, 1.54) is 5.69 Å². The normalized spacial score (nSPS) is 15.4. The summed E-state index contributed by atoms with van der Waals surface area (Å²) in [6.45, 7) is 10.4. The lowest BCUT2D eigenvalue weighted by molar-refractivity contribution is 0.175. The molecule has 0 saturated carbocycles. The number of anilines is 1. The Morgan fingerprint density at radius 3 is 2.48 bits per heavy atom. The fraction of sp³-hybridized carbons (Fsp3) is 0.556. The predicted octanol–water partition coefficient (Wildman–Crippen LogP) is 2.85. The number of carbonyl (C=O) groups is 1. The number of hydrogen-bond donors (Lipinski definition) is 1. The Balaban J connectivity index is 1.52. The van der Waals surface area contributed by atoms with Gasteiger partial charge in [0.2, 0.25) is 0 Å². The van der Waals surface area contributed by atoms with Crippen molar-refractivity contribution in [3.8, 4) is 0 Å². The highest BCUT2D eigenvalue weighted by Crippen LogP contribution is 2.20. The molecule has 3 heterocycles. The number of amides is 2. The van der Waals surface area contributed by atoms with Crippen molar-refractivity contribution in [1.29, 1.82) is 0 Å². The zero-order valence-electron chi connectivity index (χ0n) is 15.4. The van der Waals surface area contributed by atoms with Crippen LogP contribution in [0, 0.1) is 33.6 Å². The number of piperidine rings is 1. The second-order valence-corrected chi connectivity index (χ2v) is 6.97. The van der Waals surface area contributed by atoms with E-state index < -0.39 is 0 Å². The van der Waals surface area contributed by atoms with Gasteiger partial charge in [0.25, 0.3) is 0 Å². The lowest BCUT2D eigenvalue weighted by Crippen LogP contribution is -2.42. The smallest absolute Gasteiger partial charge is 0.323 e. The van der Waals surface area contributed by atoms with Crippen molar-refractivity contribution < 1.29 is 4.79 Å². The third-order valence-corrected chi connectivity index (χ3v) is 4.90. The molecule has 3 rings (SSSR count). The van der Waals surface area contributed by atoms with Crippen LogP contribution < -0.4 is 5.32 Å². The maximum atomic E-state index is 12.4. The van der Waals surface area contributed by atoms with Gasteiger partial charge in [-0.2, -0.15) is 10.2 Å². The van der Waals surface area contributed by atoms with Crippen molar-refractivity contribution in [3.05, 3.63) is 34.8 Å². The fourth-order valence-electron chi connectivity index (χ4n) is 3.22. The van der Waals surface area contributed by atoms with Gasteiger partial charge in [0, 0.05) is 25.3 Å². The van der Waals surface area contributed by atoms with Crippen molar-refractivity contribution in [1.82, 2.24) is 24.9 Å². The Labute approximate surface area is 148 Å². The molecule has 1 aliphatic rings. The van der Waals surface area contributed by atoms with Gasteiger partial charge in [0.15, 0.2) is 5.82 Å². The zero-order chi connectivity index (χ0) is 18.0. The van der Waals surface area contributed by atoms with Crippen LogP contribution in [0.1, 0.15) is 35.5 Å². The summed E-state index contributed by atoms with van der Waals surface area (Å²) in [7, 11) is 0. The molecule has 2 amide bonds. The molecule has 1 N–H and O–H groups in total. The quantitative estimate of drug-likeness (QED) is 0.930. The monoisotopic (exact) mass is 342 g/mol. The highest BCUT2D eigenvalue weighted by molar-refractivity contribution is 5.88. The van der Waals surface area contributed by atoms with E-state index in [0.717, 1.165) is 49.4 Å². The van der Waals surface area contributed by atoms with Crippen LogP contribution in [0.15, 0.2) is 12.1 Å². The van der Waals surface area contributed by atoms with Gasteiger partial charge >= 0.3 is 6.03 Å². The number of nitrogens with zero attached hydrogens (tertiary/aromatic N) is 5. The number of likely N-dealkylation sites (tertiary alicyclic amines) is 1. The minimum absolute atomic E-state index is 0.0953. The van der Waals surface area contributed by atoms with Crippen molar-refractivity contribution >= 4 is 11.8 Å². The summed E-state index contributed by atoms with van der Waals surface area (Å²) in [5, 5.41) is 15.5. The molecule has 1 aliphatic heterocycles. The van der Waals surface area contributed by atoms with E-state index >= 15 is 0 Å². The van der Waals surface area contributed by atoms with Gasteiger partial charge in [-0.05, 0) is 64.2 Å². The van der Waals surface area contributed by atoms with Gasteiger partial charge < -0.3 is 4.90 Å². The Kier molecular flexibility index (Phi) is 5.01. The standard InChI is InChI=1S/C18H26N6O/c1-12-9-17(21-20-15(12)4)19-18(25)23-7-5-16(6-8-23)11-24-14(3)10-13(2)22-24/h9-10,16H,5-8,11H2,1-4H3,(H,19,21,25). The first kappa shape index (κ1) is 17.4. The lowest BCUT2D eigenvalue weighted by Gasteiger charge is -2.32. The molecule has 25 heavy (non-hydrogen) atoms. The summed E-state index contributed by atoms with van der Waals surface area (Å²) >= 11 is 0.